The van der Waals surface area contributed by atoms with Gasteiger partial charge in [0.15, 0.2) is 11.5 Å². The van der Waals surface area contributed by atoms with E-state index in [4.69, 9.17) is 13.9 Å². The Morgan fingerprint density at radius 2 is 1.91 bits per heavy atom. The highest BCUT2D eigenvalue weighted by molar-refractivity contribution is 5.77. The van der Waals surface area contributed by atoms with E-state index in [2.05, 4.69) is 17.0 Å². The summed E-state index contributed by atoms with van der Waals surface area (Å²) in [5.41, 5.74) is 2.24. The van der Waals surface area contributed by atoms with Gasteiger partial charge in [-0.25, -0.2) is 0 Å². The van der Waals surface area contributed by atoms with Gasteiger partial charge < -0.3 is 13.9 Å². The lowest BCUT2D eigenvalue weighted by Crippen LogP contribution is -2.53. The van der Waals surface area contributed by atoms with E-state index in [-0.39, 0.29) is 6.10 Å². The van der Waals surface area contributed by atoms with E-state index in [1.807, 2.05) is 36.4 Å². The number of likely N-dealkylation sites (tertiary alicyclic amines) is 1. The van der Waals surface area contributed by atoms with Crippen molar-refractivity contribution in [1.82, 2.24) is 4.90 Å². The van der Waals surface area contributed by atoms with Gasteiger partial charge in [0.2, 0.25) is 0 Å². The molecule has 1 saturated heterocycles. The van der Waals surface area contributed by atoms with E-state index in [1.165, 1.54) is 5.56 Å². The van der Waals surface area contributed by atoms with Gasteiger partial charge >= 0.3 is 0 Å². The highest BCUT2D eigenvalue weighted by Crippen LogP contribution is 2.29. The molecule has 2 aromatic carbocycles. The summed E-state index contributed by atoms with van der Waals surface area (Å²) in [7, 11) is 1.67. The highest BCUT2D eigenvalue weighted by atomic mass is 16.5. The molecule has 0 unspecified atom stereocenters. The minimum absolute atomic E-state index is 0.226. The molecule has 4 heteroatoms. The number of fused-ring (bicyclic) bond motifs is 1. The van der Waals surface area contributed by atoms with E-state index in [9.17, 15) is 0 Å². The fourth-order valence-electron chi connectivity index (χ4n) is 2.99. The van der Waals surface area contributed by atoms with Crippen LogP contribution in [0.4, 0.5) is 0 Å². The molecule has 0 bridgehead atoms. The normalized spacial score (nSPS) is 15.5. The van der Waals surface area contributed by atoms with Crippen LogP contribution in [0.1, 0.15) is 5.56 Å². The van der Waals surface area contributed by atoms with Gasteiger partial charge in [-0.15, -0.1) is 0 Å². The first-order valence-corrected chi connectivity index (χ1v) is 7.80. The van der Waals surface area contributed by atoms with Crippen molar-refractivity contribution in [3.05, 3.63) is 60.4 Å². The third kappa shape index (κ3) is 2.90. The van der Waals surface area contributed by atoms with Crippen LogP contribution < -0.4 is 9.47 Å². The van der Waals surface area contributed by atoms with Gasteiger partial charge in [0, 0.05) is 25.0 Å². The summed E-state index contributed by atoms with van der Waals surface area (Å²) in [6.07, 6.45) is 1.96. The number of hydrogen-bond acceptors (Lipinski definition) is 4. The first-order valence-electron chi connectivity index (χ1n) is 7.80. The quantitative estimate of drug-likeness (QED) is 0.720. The van der Waals surface area contributed by atoms with Gasteiger partial charge in [-0.05, 0) is 35.9 Å². The molecule has 0 radical (unpaired) electrons. The van der Waals surface area contributed by atoms with Crippen molar-refractivity contribution in [1.29, 1.82) is 0 Å². The Morgan fingerprint density at radius 3 is 2.74 bits per heavy atom. The van der Waals surface area contributed by atoms with Gasteiger partial charge in [0.05, 0.1) is 13.4 Å². The molecule has 23 heavy (non-hydrogen) atoms. The molecule has 1 aliphatic rings. The Bertz CT molecular complexity index is 805. The molecule has 1 aromatic heterocycles. The lowest BCUT2D eigenvalue weighted by Gasteiger charge is -2.39. The molecular weight excluding hydrogens is 290 g/mol. The molecule has 0 saturated carbocycles. The van der Waals surface area contributed by atoms with Crippen LogP contribution in [0.3, 0.4) is 0 Å². The number of ether oxygens (including phenoxy) is 2. The van der Waals surface area contributed by atoms with Crippen LogP contribution in [0, 0.1) is 0 Å². The van der Waals surface area contributed by atoms with Crippen molar-refractivity contribution in [3.63, 3.8) is 0 Å². The monoisotopic (exact) mass is 309 g/mol. The standard InChI is InChI=1S/C19H19NO3/c1-21-18-4-2-3-5-19(18)23-16-12-20(13-16)11-14-6-7-17-15(10-14)8-9-22-17/h2-10,16H,11-13H2,1H3. The van der Waals surface area contributed by atoms with E-state index >= 15 is 0 Å². The zero-order chi connectivity index (χ0) is 15.6. The Hall–Kier alpha value is -2.46. The van der Waals surface area contributed by atoms with Crippen LogP contribution in [0.5, 0.6) is 11.5 Å². The maximum absolute atomic E-state index is 6.02. The second-order valence-corrected chi connectivity index (χ2v) is 5.88. The van der Waals surface area contributed by atoms with Crippen LogP contribution >= 0.6 is 0 Å². The average Bonchev–Trinajstić information content (AvgIpc) is 3.01. The molecule has 0 amide bonds. The predicted octanol–water partition coefficient (Wildman–Crippen LogP) is 3.70. The van der Waals surface area contributed by atoms with Crippen molar-refractivity contribution < 1.29 is 13.9 Å². The number of methoxy groups -OCH3 is 1. The fraction of sp³-hybridized carbons (Fsp3) is 0.263. The SMILES string of the molecule is COc1ccccc1OC1CN(Cc2ccc3occc3c2)C1. The molecule has 3 aromatic rings. The molecule has 1 fully saturated rings. The van der Waals surface area contributed by atoms with Crippen molar-refractivity contribution in [2.24, 2.45) is 0 Å². The van der Waals surface area contributed by atoms with Gasteiger partial charge in [-0.1, -0.05) is 18.2 Å². The van der Waals surface area contributed by atoms with Crippen molar-refractivity contribution >= 4 is 11.0 Å². The van der Waals surface area contributed by atoms with Crippen molar-refractivity contribution in [2.75, 3.05) is 20.2 Å². The van der Waals surface area contributed by atoms with Crippen LogP contribution in [0.2, 0.25) is 0 Å². The van der Waals surface area contributed by atoms with Gasteiger partial charge in [0.1, 0.15) is 11.7 Å². The lowest BCUT2D eigenvalue weighted by atomic mass is 10.1. The third-order valence-electron chi connectivity index (χ3n) is 4.21. The summed E-state index contributed by atoms with van der Waals surface area (Å²) in [6.45, 7) is 2.80. The highest BCUT2D eigenvalue weighted by Gasteiger charge is 2.29. The number of para-hydroxylation sites is 2. The molecule has 0 spiro atoms. The zero-order valence-corrected chi connectivity index (χ0v) is 13.1. The first kappa shape index (κ1) is 14.2. The van der Waals surface area contributed by atoms with E-state index < -0.39 is 0 Å². The van der Waals surface area contributed by atoms with Gasteiger partial charge in [-0.2, -0.15) is 0 Å². The van der Waals surface area contributed by atoms with Crippen LogP contribution in [-0.4, -0.2) is 31.2 Å². The molecule has 0 N–H and O–H groups in total. The summed E-state index contributed by atoms with van der Waals surface area (Å²) in [5.74, 6) is 1.61. The molecular formula is C19H19NO3. The summed E-state index contributed by atoms with van der Waals surface area (Å²) in [4.78, 5) is 2.38. The molecule has 118 valence electrons. The predicted molar refractivity (Wildman–Crippen MR) is 88.9 cm³/mol. The van der Waals surface area contributed by atoms with Gasteiger partial charge in [-0.3, -0.25) is 4.90 Å². The number of rotatable bonds is 5. The second kappa shape index (κ2) is 5.97. The topological polar surface area (TPSA) is 34.8 Å². The zero-order valence-electron chi connectivity index (χ0n) is 13.1. The Labute approximate surface area is 135 Å². The Kier molecular flexibility index (Phi) is 3.67. The summed E-state index contributed by atoms with van der Waals surface area (Å²) >= 11 is 0. The largest absolute Gasteiger partial charge is 0.493 e. The Morgan fingerprint density at radius 1 is 1.09 bits per heavy atom. The molecule has 0 aliphatic carbocycles. The second-order valence-electron chi connectivity index (χ2n) is 5.88. The summed E-state index contributed by atoms with van der Waals surface area (Å²) < 4.78 is 16.7. The van der Waals surface area contributed by atoms with Crippen LogP contribution in [-0.2, 0) is 6.54 Å². The number of furan rings is 1. The minimum atomic E-state index is 0.226. The van der Waals surface area contributed by atoms with Crippen molar-refractivity contribution in [2.45, 2.75) is 12.6 Å². The van der Waals surface area contributed by atoms with Crippen molar-refractivity contribution in [3.8, 4) is 11.5 Å². The average molecular weight is 309 g/mol. The third-order valence-corrected chi connectivity index (χ3v) is 4.21. The molecule has 1 aliphatic heterocycles. The molecule has 0 atom stereocenters. The number of nitrogens with zero attached hydrogens (tertiary/aromatic N) is 1. The molecule has 4 nitrogen and oxygen atoms in total. The Balaban J connectivity index is 1.34. The fourth-order valence-corrected chi connectivity index (χ4v) is 2.99. The smallest absolute Gasteiger partial charge is 0.161 e. The molecule has 2 heterocycles. The van der Waals surface area contributed by atoms with Crippen LogP contribution in [0.15, 0.2) is 59.2 Å². The number of benzene rings is 2. The van der Waals surface area contributed by atoms with Crippen LogP contribution in [0.25, 0.3) is 11.0 Å². The number of hydrogen-bond donors (Lipinski definition) is 0. The molecule has 4 rings (SSSR count). The lowest BCUT2D eigenvalue weighted by molar-refractivity contribution is 0.0131. The summed E-state index contributed by atoms with van der Waals surface area (Å²) in [5, 5.41) is 1.16. The van der Waals surface area contributed by atoms with E-state index in [1.54, 1.807) is 13.4 Å². The maximum atomic E-state index is 6.02. The minimum Gasteiger partial charge on any atom is -0.493 e. The first-order chi connectivity index (χ1) is 11.3. The summed E-state index contributed by atoms with van der Waals surface area (Å²) in [6, 6.07) is 16.1. The van der Waals surface area contributed by atoms with E-state index in [0.29, 0.717) is 0 Å². The maximum Gasteiger partial charge on any atom is 0.161 e. The van der Waals surface area contributed by atoms with E-state index in [0.717, 1.165) is 42.1 Å². The van der Waals surface area contributed by atoms with Gasteiger partial charge in [0.25, 0.3) is 0 Å².